The molecule has 1 fully saturated rings. The number of carboxylic acid groups (broad SMARTS) is 2. The average Bonchev–Trinajstić information content (AvgIpc) is 3.62. The van der Waals surface area contributed by atoms with E-state index in [0.29, 0.717) is 10.6 Å². The smallest absolute Gasteiger partial charge is 0.352 e. The molecule has 16 heteroatoms. The largest absolute Gasteiger partial charge is 0.478 e. The first-order chi connectivity index (χ1) is 19.2. The van der Waals surface area contributed by atoms with Crippen LogP contribution in [0.2, 0.25) is 0 Å². The molecule has 0 bridgehead atoms. The van der Waals surface area contributed by atoms with E-state index in [1.807, 2.05) is 12.2 Å². The van der Waals surface area contributed by atoms with E-state index in [4.69, 9.17) is 10.6 Å². The zero-order valence-corrected chi connectivity index (χ0v) is 23.0. The van der Waals surface area contributed by atoms with Gasteiger partial charge in [0.1, 0.15) is 28.9 Å². The second kappa shape index (κ2) is 11.7. The molecule has 40 heavy (non-hydrogen) atoms. The Morgan fingerprint density at radius 2 is 2.12 bits per heavy atom. The number of carbonyl (C=O) groups is 4. The van der Waals surface area contributed by atoms with Crippen LogP contribution in [0.25, 0.3) is 0 Å². The number of nitrogens with zero attached hydrogens (tertiary/aromatic N) is 4. The Hall–Kier alpha value is -3.89. The molecule has 0 spiro atoms. The highest BCUT2D eigenvalue weighted by molar-refractivity contribution is 8.01. The standard InChI is InChI=1S/C24H22N6O7S3/c25-24-27-14(10-40-24)16(29-37-13-3-1-2-4-13)19(31)28-17-20(32)30-18(23(35)36)12(9-39-21(17)30)8-38-15-7-11(22(33)34)5-6-26-15/h1,3,5-7,10,13,17,21H,2,4,8-9H2,(H2,25,27)(H,28,31)(H,33,34)(H,35,36)/t13?,17?,21-/m1/s1. The fourth-order valence-electron chi connectivity index (χ4n) is 4.20. The molecule has 2 aromatic rings. The van der Waals surface area contributed by atoms with Crippen molar-refractivity contribution < 1.29 is 34.2 Å². The van der Waals surface area contributed by atoms with Crippen LogP contribution in [0, 0.1) is 0 Å². The van der Waals surface area contributed by atoms with Crippen molar-refractivity contribution >= 4 is 69.5 Å². The van der Waals surface area contributed by atoms with E-state index < -0.39 is 35.2 Å². The molecule has 4 heterocycles. The van der Waals surface area contributed by atoms with E-state index in [9.17, 15) is 29.4 Å². The SMILES string of the molecule is Nc1nc(C(=NOC2C=CCC2)C(=O)NC2C(=O)N3C(C(=O)O)=C(CSc4cc(C(=O)O)ccn4)CS[C@H]23)cs1. The molecule has 2 aliphatic heterocycles. The van der Waals surface area contributed by atoms with Gasteiger partial charge in [-0.3, -0.25) is 14.5 Å². The third kappa shape index (κ3) is 5.68. The summed E-state index contributed by atoms with van der Waals surface area (Å²) >= 11 is 3.61. The van der Waals surface area contributed by atoms with Gasteiger partial charge in [0.05, 0.1) is 10.6 Å². The number of allylic oxidation sites excluding steroid dienone is 1. The van der Waals surface area contributed by atoms with Crippen LogP contribution in [0.3, 0.4) is 0 Å². The molecule has 1 saturated heterocycles. The number of pyridine rings is 1. The van der Waals surface area contributed by atoms with Crippen LogP contribution in [0.15, 0.2) is 57.3 Å². The van der Waals surface area contributed by atoms with Gasteiger partial charge in [0.2, 0.25) is 0 Å². The first kappa shape index (κ1) is 27.7. The van der Waals surface area contributed by atoms with Gasteiger partial charge in [-0.25, -0.2) is 19.6 Å². The number of carbonyl (C=O) groups excluding carboxylic acids is 2. The number of aliphatic carboxylic acids is 1. The number of aromatic nitrogens is 2. The van der Waals surface area contributed by atoms with Gasteiger partial charge < -0.3 is 26.1 Å². The van der Waals surface area contributed by atoms with Crippen LogP contribution in [0.1, 0.15) is 28.9 Å². The van der Waals surface area contributed by atoms with Gasteiger partial charge in [-0.2, -0.15) is 0 Å². The molecule has 0 radical (unpaired) electrons. The van der Waals surface area contributed by atoms with Crippen molar-refractivity contribution in [3.63, 3.8) is 0 Å². The van der Waals surface area contributed by atoms with Gasteiger partial charge in [-0.05, 0) is 36.6 Å². The summed E-state index contributed by atoms with van der Waals surface area (Å²) in [5, 5.41) is 27.4. The Morgan fingerprint density at radius 1 is 1.30 bits per heavy atom. The van der Waals surface area contributed by atoms with E-state index >= 15 is 0 Å². The van der Waals surface area contributed by atoms with Gasteiger partial charge >= 0.3 is 11.9 Å². The maximum atomic E-state index is 13.2. The fourth-order valence-corrected chi connectivity index (χ4v) is 7.13. The number of hydrogen-bond donors (Lipinski definition) is 4. The number of thiazole rings is 1. The summed E-state index contributed by atoms with van der Waals surface area (Å²) < 4.78 is 0. The number of β-lactam (4-membered cyclic amide) rings is 1. The number of amides is 2. The molecule has 1 aliphatic carbocycles. The van der Waals surface area contributed by atoms with Gasteiger partial charge in [-0.1, -0.05) is 11.2 Å². The van der Waals surface area contributed by atoms with Crippen LogP contribution < -0.4 is 11.1 Å². The number of nitrogen functional groups attached to an aromatic ring is 1. The Balaban J connectivity index is 1.30. The predicted octanol–water partition coefficient (Wildman–Crippen LogP) is 1.79. The number of carboxylic acids is 2. The lowest BCUT2D eigenvalue weighted by Crippen LogP contribution is -2.71. The molecule has 2 aromatic heterocycles. The molecular formula is C24H22N6O7S3. The fraction of sp³-hybridized carbons (Fsp3) is 0.292. The van der Waals surface area contributed by atoms with E-state index in [0.717, 1.165) is 29.1 Å². The van der Waals surface area contributed by atoms with Gasteiger partial charge in [0.15, 0.2) is 10.8 Å². The van der Waals surface area contributed by atoms with Crippen LogP contribution >= 0.6 is 34.9 Å². The molecule has 5 N–H and O–H groups in total. The van der Waals surface area contributed by atoms with Gasteiger partial charge in [-0.15, -0.1) is 34.9 Å². The van der Waals surface area contributed by atoms with Crippen molar-refractivity contribution in [1.82, 2.24) is 20.2 Å². The van der Waals surface area contributed by atoms with Crippen LogP contribution in [-0.2, 0) is 19.2 Å². The van der Waals surface area contributed by atoms with E-state index in [-0.39, 0.29) is 45.4 Å². The van der Waals surface area contributed by atoms with Crippen molar-refractivity contribution in [2.75, 3.05) is 17.2 Å². The number of anilines is 1. The Bertz CT molecular complexity index is 1470. The number of rotatable bonds is 10. The van der Waals surface area contributed by atoms with E-state index in [1.54, 1.807) is 5.38 Å². The minimum Gasteiger partial charge on any atom is -0.478 e. The molecule has 0 aromatic carbocycles. The molecule has 3 aliphatic rings. The molecule has 3 atom stereocenters. The quantitative estimate of drug-likeness (QED) is 0.101. The van der Waals surface area contributed by atoms with Crippen molar-refractivity contribution in [2.45, 2.75) is 35.4 Å². The highest BCUT2D eigenvalue weighted by Crippen LogP contribution is 2.41. The summed E-state index contributed by atoms with van der Waals surface area (Å²) in [6, 6.07) is 1.78. The average molecular weight is 603 g/mol. The summed E-state index contributed by atoms with van der Waals surface area (Å²) in [5.74, 6) is -3.17. The number of hydrogen-bond acceptors (Lipinski definition) is 12. The first-order valence-electron chi connectivity index (χ1n) is 11.9. The monoisotopic (exact) mass is 602 g/mol. The van der Waals surface area contributed by atoms with Crippen molar-refractivity contribution in [3.05, 3.63) is 58.4 Å². The topological polar surface area (TPSA) is 197 Å². The molecular weight excluding hydrogens is 581 g/mol. The van der Waals surface area contributed by atoms with Crippen LogP contribution in [0.4, 0.5) is 5.13 Å². The lowest BCUT2D eigenvalue weighted by molar-refractivity contribution is -0.150. The molecule has 5 rings (SSSR count). The molecule has 208 valence electrons. The highest BCUT2D eigenvalue weighted by atomic mass is 32.2. The van der Waals surface area contributed by atoms with E-state index in [2.05, 4.69) is 20.4 Å². The number of nitrogens with two attached hydrogens (primary N) is 1. The number of aromatic carboxylic acids is 1. The summed E-state index contributed by atoms with van der Waals surface area (Å²) in [6.45, 7) is 0. The normalized spacial score (nSPS) is 22.1. The van der Waals surface area contributed by atoms with Crippen LogP contribution in [0.5, 0.6) is 0 Å². The Kier molecular flexibility index (Phi) is 8.09. The maximum Gasteiger partial charge on any atom is 0.352 e. The van der Waals surface area contributed by atoms with Crippen molar-refractivity contribution in [3.8, 4) is 0 Å². The number of oxime groups is 1. The maximum absolute atomic E-state index is 13.2. The molecule has 2 unspecified atom stereocenters. The minimum atomic E-state index is -1.27. The number of fused-ring (bicyclic) bond motifs is 1. The summed E-state index contributed by atoms with van der Waals surface area (Å²) in [4.78, 5) is 64.6. The van der Waals surface area contributed by atoms with Gasteiger partial charge in [0.25, 0.3) is 11.8 Å². The number of nitrogens with one attached hydrogen (secondary N) is 1. The molecule has 2 amide bonds. The summed E-state index contributed by atoms with van der Waals surface area (Å²) in [6.07, 6.45) is 6.43. The zero-order chi connectivity index (χ0) is 28.4. The van der Waals surface area contributed by atoms with Crippen molar-refractivity contribution in [1.29, 1.82) is 0 Å². The van der Waals surface area contributed by atoms with Gasteiger partial charge in [0, 0.05) is 23.1 Å². The lowest BCUT2D eigenvalue weighted by Gasteiger charge is -2.49. The first-order valence-corrected chi connectivity index (χ1v) is 14.8. The second-order valence-electron chi connectivity index (χ2n) is 8.76. The number of thioether (sulfide) groups is 2. The lowest BCUT2D eigenvalue weighted by atomic mass is 10.0. The predicted molar refractivity (Wildman–Crippen MR) is 148 cm³/mol. The molecule has 0 saturated carbocycles. The van der Waals surface area contributed by atoms with Crippen molar-refractivity contribution in [2.24, 2.45) is 5.16 Å². The second-order valence-corrected chi connectivity index (χ2v) is 11.7. The minimum absolute atomic E-state index is 0.0629. The summed E-state index contributed by atoms with van der Waals surface area (Å²) in [7, 11) is 0. The molecule has 13 nitrogen and oxygen atoms in total. The third-order valence-corrected chi connectivity index (χ3v) is 9.17. The van der Waals surface area contributed by atoms with E-state index in [1.165, 1.54) is 41.9 Å². The Labute approximate surface area is 239 Å². The van der Waals surface area contributed by atoms with Crippen LogP contribution in [-0.4, -0.2) is 83.6 Å². The zero-order valence-electron chi connectivity index (χ0n) is 20.6. The Morgan fingerprint density at radius 3 is 2.80 bits per heavy atom. The third-order valence-electron chi connectivity index (χ3n) is 6.14. The summed E-state index contributed by atoms with van der Waals surface area (Å²) in [5.41, 5.74) is 6.19. The highest BCUT2D eigenvalue weighted by Gasteiger charge is 2.54.